The molecule has 0 fully saturated rings. The van der Waals surface area contributed by atoms with Gasteiger partial charge in [-0.2, -0.15) is 0 Å². The molecule has 0 atom stereocenters. The third-order valence-corrected chi connectivity index (χ3v) is 1.76. The first-order valence-corrected chi connectivity index (χ1v) is 5.44. The molecule has 0 saturated heterocycles. The molecule has 1 amide bonds. The van der Waals surface area contributed by atoms with E-state index in [9.17, 15) is 4.79 Å². The number of hydrogen-bond acceptors (Lipinski definition) is 3. The minimum atomic E-state index is -0.481. The second kappa shape index (κ2) is 6.30. The summed E-state index contributed by atoms with van der Waals surface area (Å²) in [5, 5.41) is 0. The monoisotopic (exact) mass is 226 g/mol. The maximum atomic E-state index is 11.6. The first-order valence-electron chi connectivity index (χ1n) is 5.44. The summed E-state index contributed by atoms with van der Waals surface area (Å²) in [5.41, 5.74) is -0.481. The lowest BCUT2D eigenvalue weighted by Gasteiger charge is -2.24. The van der Waals surface area contributed by atoms with Crippen LogP contribution in [0.3, 0.4) is 0 Å². The van der Waals surface area contributed by atoms with Crippen LogP contribution in [-0.2, 0) is 4.74 Å². The molecule has 0 aromatic heterocycles. The number of ether oxygens (including phenoxy) is 1. The summed E-state index contributed by atoms with van der Waals surface area (Å²) < 4.78 is 5.21. The number of nitrogens with zero attached hydrogens (tertiary/aromatic N) is 2. The number of allylic oxidation sites excluding steroid dienone is 1. The molecule has 0 saturated carbocycles. The van der Waals surface area contributed by atoms with Gasteiger partial charge in [-0.05, 0) is 34.1 Å². The van der Waals surface area contributed by atoms with E-state index < -0.39 is 11.7 Å². The van der Waals surface area contributed by atoms with Crippen molar-refractivity contribution in [2.24, 2.45) is 4.99 Å². The van der Waals surface area contributed by atoms with Gasteiger partial charge in [0.2, 0.25) is 0 Å². The maximum absolute atomic E-state index is 11.6. The third kappa shape index (κ3) is 6.22. The van der Waals surface area contributed by atoms with E-state index in [0.717, 1.165) is 6.42 Å². The van der Waals surface area contributed by atoms with Crippen molar-refractivity contribution in [1.29, 1.82) is 0 Å². The highest BCUT2D eigenvalue weighted by atomic mass is 16.6. The van der Waals surface area contributed by atoms with Crippen LogP contribution in [-0.4, -0.2) is 29.5 Å². The van der Waals surface area contributed by atoms with Gasteiger partial charge in [-0.1, -0.05) is 13.0 Å². The molecule has 4 heteroatoms. The van der Waals surface area contributed by atoms with Crippen LogP contribution in [0.1, 0.15) is 41.0 Å². The molecule has 0 unspecified atom stereocenters. The highest BCUT2D eigenvalue weighted by molar-refractivity contribution is 5.93. The number of hydrogen-bond donors (Lipinski definition) is 0. The first-order chi connectivity index (χ1) is 7.28. The van der Waals surface area contributed by atoms with Crippen LogP contribution in [0.25, 0.3) is 0 Å². The summed E-state index contributed by atoms with van der Waals surface area (Å²) in [7, 11) is 1.65. The smallest absolute Gasteiger partial charge is 0.415 e. The Morgan fingerprint density at radius 2 is 2.00 bits per heavy atom. The number of rotatable bonds is 2. The predicted molar refractivity (Wildman–Crippen MR) is 66.5 cm³/mol. The molecule has 0 heterocycles. The average Bonchev–Trinajstić information content (AvgIpc) is 2.14. The Labute approximate surface area is 98.0 Å². The van der Waals surface area contributed by atoms with Crippen molar-refractivity contribution in [3.05, 3.63) is 12.3 Å². The minimum Gasteiger partial charge on any atom is -0.443 e. The highest BCUT2D eigenvalue weighted by Gasteiger charge is 2.20. The van der Waals surface area contributed by atoms with Gasteiger partial charge in [0.15, 0.2) is 0 Å². The molecule has 92 valence electrons. The summed E-state index contributed by atoms with van der Waals surface area (Å²) in [6.45, 7) is 9.30. The van der Waals surface area contributed by atoms with Crippen molar-refractivity contribution in [3.63, 3.8) is 0 Å². The Morgan fingerprint density at radius 1 is 1.44 bits per heavy atom. The standard InChI is InChI=1S/C12H22N2O2/c1-7-8-9-13-10(2)14(6)11(15)16-12(3,4)5/h8-9H,7H2,1-6H3/b9-8-,13-10+. The predicted octanol–water partition coefficient (Wildman–Crippen LogP) is 3.20. The summed E-state index contributed by atoms with van der Waals surface area (Å²) >= 11 is 0. The maximum Gasteiger partial charge on any atom is 0.415 e. The number of carbonyl (C=O) groups excluding carboxylic acids is 1. The molecule has 0 rings (SSSR count). The second-order valence-electron chi connectivity index (χ2n) is 4.51. The van der Waals surface area contributed by atoms with Gasteiger partial charge in [-0.15, -0.1) is 0 Å². The molecule has 0 N–H and O–H groups in total. The van der Waals surface area contributed by atoms with E-state index in [0.29, 0.717) is 5.84 Å². The molecule has 0 aliphatic heterocycles. The first kappa shape index (κ1) is 14.7. The van der Waals surface area contributed by atoms with E-state index in [1.54, 1.807) is 20.2 Å². The Kier molecular flexibility index (Phi) is 5.78. The summed E-state index contributed by atoms with van der Waals surface area (Å²) in [6, 6.07) is 0. The van der Waals surface area contributed by atoms with Crippen molar-refractivity contribution < 1.29 is 9.53 Å². The number of aliphatic imine (C=N–C) groups is 1. The topological polar surface area (TPSA) is 41.9 Å². The molecular weight excluding hydrogens is 204 g/mol. The Bertz CT molecular complexity index is 288. The van der Waals surface area contributed by atoms with Crippen LogP contribution in [0.5, 0.6) is 0 Å². The zero-order chi connectivity index (χ0) is 12.8. The van der Waals surface area contributed by atoms with Crippen LogP contribution >= 0.6 is 0 Å². The quantitative estimate of drug-likeness (QED) is 0.536. The SMILES string of the molecule is CC/C=C\N=C(/C)N(C)C(=O)OC(C)(C)C. The molecule has 0 bridgehead atoms. The second-order valence-corrected chi connectivity index (χ2v) is 4.51. The van der Waals surface area contributed by atoms with Crippen molar-refractivity contribution in [3.8, 4) is 0 Å². The van der Waals surface area contributed by atoms with Crippen molar-refractivity contribution >= 4 is 11.9 Å². The summed E-state index contributed by atoms with van der Waals surface area (Å²) in [6.07, 6.45) is 4.15. The molecule has 0 aliphatic carbocycles. The summed E-state index contributed by atoms with van der Waals surface area (Å²) in [5.74, 6) is 0.610. The van der Waals surface area contributed by atoms with Crippen LogP contribution < -0.4 is 0 Å². The molecular formula is C12H22N2O2. The van der Waals surface area contributed by atoms with Gasteiger partial charge in [-0.3, -0.25) is 4.90 Å². The van der Waals surface area contributed by atoms with Gasteiger partial charge in [0.25, 0.3) is 0 Å². The van der Waals surface area contributed by atoms with Crippen molar-refractivity contribution in [1.82, 2.24) is 4.90 Å². The Morgan fingerprint density at radius 3 is 2.44 bits per heavy atom. The average molecular weight is 226 g/mol. The normalized spacial score (nSPS) is 13.0. The molecule has 0 radical (unpaired) electrons. The van der Waals surface area contributed by atoms with Crippen molar-refractivity contribution in [2.45, 2.75) is 46.6 Å². The fraction of sp³-hybridized carbons (Fsp3) is 0.667. The Hall–Kier alpha value is -1.32. The molecule has 16 heavy (non-hydrogen) atoms. The van der Waals surface area contributed by atoms with E-state index >= 15 is 0 Å². The van der Waals surface area contributed by atoms with Gasteiger partial charge in [0, 0.05) is 13.2 Å². The van der Waals surface area contributed by atoms with Crippen LogP contribution in [0.4, 0.5) is 4.79 Å². The van der Waals surface area contributed by atoms with Gasteiger partial charge >= 0.3 is 6.09 Å². The number of carbonyl (C=O) groups is 1. The van der Waals surface area contributed by atoms with Crippen molar-refractivity contribution in [2.75, 3.05) is 7.05 Å². The van der Waals surface area contributed by atoms with Crippen LogP contribution in [0.2, 0.25) is 0 Å². The zero-order valence-electron chi connectivity index (χ0n) is 11.1. The largest absolute Gasteiger partial charge is 0.443 e. The molecule has 0 aliphatic rings. The third-order valence-electron chi connectivity index (χ3n) is 1.76. The lowest BCUT2D eigenvalue weighted by atomic mass is 10.2. The summed E-state index contributed by atoms with van der Waals surface area (Å²) in [4.78, 5) is 17.2. The minimum absolute atomic E-state index is 0.390. The van der Waals surface area contributed by atoms with E-state index in [4.69, 9.17) is 4.74 Å². The molecule has 0 spiro atoms. The van der Waals surface area contributed by atoms with E-state index in [2.05, 4.69) is 4.99 Å². The fourth-order valence-electron chi connectivity index (χ4n) is 0.815. The van der Waals surface area contributed by atoms with Crippen LogP contribution in [0.15, 0.2) is 17.3 Å². The number of amides is 1. The molecule has 0 aromatic carbocycles. The number of amidine groups is 1. The Balaban J connectivity index is 4.44. The molecule has 0 aromatic rings. The van der Waals surface area contributed by atoms with Crippen LogP contribution in [0, 0.1) is 0 Å². The lowest BCUT2D eigenvalue weighted by molar-refractivity contribution is 0.0401. The van der Waals surface area contributed by atoms with Gasteiger partial charge < -0.3 is 4.74 Å². The highest BCUT2D eigenvalue weighted by Crippen LogP contribution is 2.09. The van der Waals surface area contributed by atoms with E-state index in [-0.39, 0.29) is 0 Å². The fourth-order valence-corrected chi connectivity index (χ4v) is 0.815. The van der Waals surface area contributed by atoms with E-state index in [1.807, 2.05) is 33.8 Å². The lowest BCUT2D eigenvalue weighted by Crippen LogP contribution is -2.36. The molecule has 4 nitrogen and oxygen atoms in total. The van der Waals surface area contributed by atoms with Gasteiger partial charge in [0.05, 0.1) is 0 Å². The van der Waals surface area contributed by atoms with Gasteiger partial charge in [-0.25, -0.2) is 9.79 Å². The van der Waals surface area contributed by atoms with Gasteiger partial charge in [0.1, 0.15) is 11.4 Å². The van der Waals surface area contributed by atoms with E-state index in [1.165, 1.54) is 4.90 Å². The zero-order valence-corrected chi connectivity index (χ0v) is 11.1.